The standard InChI is InChI=1S/C17H25F3N6O.ClH/c1-4-5-6-12(9-21)23-14(27)8-7-13-10(2)22-16-24-15(17(18,19)20)25-26(16)11(13)3;/h12H,4-9,21H2,1-3H3,(H,23,27);1H. The highest BCUT2D eigenvalue weighted by Gasteiger charge is 2.36. The van der Waals surface area contributed by atoms with Gasteiger partial charge in [-0.3, -0.25) is 4.79 Å². The van der Waals surface area contributed by atoms with E-state index in [0.717, 1.165) is 23.8 Å². The van der Waals surface area contributed by atoms with E-state index in [1.165, 1.54) is 0 Å². The minimum atomic E-state index is -4.64. The monoisotopic (exact) mass is 422 g/mol. The van der Waals surface area contributed by atoms with Crippen LogP contribution in [0.4, 0.5) is 13.2 Å². The zero-order valence-electron chi connectivity index (χ0n) is 16.1. The van der Waals surface area contributed by atoms with Crippen molar-refractivity contribution < 1.29 is 18.0 Å². The Hall–Kier alpha value is -1.94. The normalized spacial score (nSPS) is 12.7. The van der Waals surface area contributed by atoms with Crippen molar-refractivity contribution in [1.29, 1.82) is 0 Å². The Morgan fingerprint density at radius 3 is 2.54 bits per heavy atom. The molecular formula is C17H26ClF3N6O. The quantitative estimate of drug-likeness (QED) is 0.681. The third kappa shape index (κ3) is 5.78. The van der Waals surface area contributed by atoms with Gasteiger partial charge in [-0.2, -0.15) is 18.2 Å². The molecule has 1 unspecified atom stereocenters. The molecule has 0 aliphatic heterocycles. The topological polar surface area (TPSA) is 98.2 Å². The molecule has 158 valence electrons. The zero-order valence-corrected chi connectivity index (χ0v) is 17.0. The summed E-state index contributed by atoms with van der Waals surface area (Å²) in [6.07, 6.45) is -1.27. The summed E-state index contributed by atoms with van der Waals surface area (Å²) < 4.78 is 39.6. The Morgan fingerprint density at radius 2 is 1.96 bits per heavy atom. The molecule has 0 radical (unpaired) electrons. The molecule has 7 nitrogen and oxygen atoms in total. The molecule has 0 saturated carbocycles. The molecule has 0 saturated heterocycles. The molecule has 2 rings (SSSR count). The summed E-state index contributed by atoms with van der Waals surface area (Å²) in [6, 6.07) is -0.0649. The number of amides is 1. The molecule has 2 heterocycles. The molecule has 0 spiro atoms. The fourth-order valence-electron chi connectivity index (χ4n) is 2.93. The van der Waals surface area contributed by atoms with E-state index in [0.29, 0.717) is 29.9 Å². The summed E-state index contributed by atoms with van der Waals surface area (Å²) in [4.78, 5) is 19.7. The van der Waals surface area contributed by atoms with E-state index >= 15 is 0 Å². The van der Waals surface area contributed by atoms with Crippen molar-refractivity contribution in [2.24, 2.45) is 5.73 Å². The van der Waals surface area contributed by atoms with Crippen molar-refractivity contribution in [3.05, 3.63) is 22.8 Å². The van der Waals surface area contributed by atoms with Gasteiger partial charge in [0.2, 0.25) is 5.91 Å². The molecule has 28 heavy (non-hydrogen) atoms. The Morgan fingerprint density at radius 1 is 1.29 bits per heavy atom. The van der Waals surface area contributed by atoms with Crippen molar-refractivity contribution in [3.8, 4) is 0 Å². The van der Waals surface area contributed by atoms with Gasteiger partial charge in [0.15, 0.2) is 0 Å². The summed E-state index contributed by atoms with van der Waals surface area (Å²) in [6.45, 7) is 5.77. The summed E-state index contributed by atoms with van der Waals surface area (Å²) >= 11 is 0. The number of carbonyl (C=O) groups excluding carboxylic acids is 1. The van der Waals surface area contributed by atoms with E-state index < -0.39 is 12.0 Å². The highest BCUT2D eigenvalue weighted by molar-refractivity contribution is 5.85. The first-order chi connectivity index (χ1) is 12.7. The lowest BCUT2D eigenvalue weighted by Crippen LogP contribution is -2.40. The van der Waals surface area contributed by atoms with Gasteiger partial charge in [0.1, 0.15) is 0 Å². The van der Waals surface area contributed by atoms with E-state index in [-0.39, 0.29) is 36.6 Å². The SMILES string of the molecule is CCCCC(CN)NC(=O)CCc1c(C)nc2nc(C(F)(F)F)nn2c1C.Cl. The summed E-state index contributed by atoms with van der Waals surface area (Å²) in [5.41, 5.74) is 7.40. The van der Waals surface area contributed by atoms with Gasteiger partial charge in [-0.1, -0.05) is 19.8 Å². The first kappa shape index (κ1) is 24.1. The van der Waals surface area contributed by atoms with Gasteiger partial charge in [0.05, 0.1) is 0 Å². The van der Waals surface area contributed by atoms with E-state index in [2.05, 4.69) is 27.3 Å². The predicted octanol–water partition coefficient (Wildman–Crippen LogP) is 2.75. The molecule has 0 fully saturated rings. The lowest BCUT2D eigenvalue weighted by atomic mass is 10.1. The van der Waals surface area contributed by atoms with Crippen LogP contribution in [-0.2, 0) is 17.4 Å². The number of fused-ring (bicyclic) bond motifs is 1. The van der Waals surface area contributed by atoms with Crippen LogP contribution in [-0.4, -0.2) is 38.1 Å². The highest BCUT2D eigenvalue weighted by Crippen LogP contribution is 2.27. The fraction of sp³-hybridized carbons (Fsp3) is 0.647. The maximum absolute atomic E-state index is 12.8. The zero-order chi connectivity index (χ0) is 20.2. The van der Waals surface area contributed by atoms with Crippen molar-refractivity contribution >= 4 is 24.1 Å². The summed E-state index contributed by atoms with van der Waals surface area (Å²) in [5.74, 6) is -1.47. The lowest BCUT2D eigenvalue weighted by molar-refractivity contribution is -0.144. The molecule has 2 aromatic rings. The number of aryl methyl sites for hydroxylation is 2. The molecule has 1 atom stereocenters. The van der Waals surface area contributed by atoms with Crippen LogP contribution in [0.5, 0.6) is 0 Å². The fourth-order valence-corrected chi connectivity index (χ4v) is 2.93. The second kappa shape index (κ2) is 10.0. The van der Waals surface area contributed by atoms with Crippen LogP contribution in [0.15, 0.2) is 0 Å². The van der Waals surface area contributed by atoms with Crippen molar-refractivity contribution in [1.82, 2.24) is 24.9 Å². The van der Waals surface area contributed by atoms with Crippen LogP contribution in [0.25, 0.3) is 5.78 Å². The largest absolute Gasteiger partial charge is 0.453 e. The lowest BCUT2D eigenvalue weighted by Gasteiger charge is -2.17. The van der Waals surface area contributed by atoms with Gasteiger partial charge in [0.25, 0.3) is 11.6 Å². The van der Waals surface area contributed by atoms with Gasteiger partial charge in [0, 0.05) is 30.4 Å². The number of nitrogens with two attached hydrogens (primary N) is 1. The molecule has 0 aliphatic rings. The molecule has 0 aliphatic carbocycles. The van der Waals surface area contributed by atoms with Crippen LogP contribution >= 0.6 is 12.4 Å². The molecule has 2 aromatic heterocycles. The van der Waals surface area contributed by atoms with Crippen LogP contribution < -0.4 is 11.1 Å². The van der Waals surface area contributed by atoms with E-state index in [9.17, 15) is 18.0 Å². The third-order valence-electron chi connectivity index (χ3n) is 4.46. The summed E-state index contributed by atoms with van der Waals surface area (Å²) in [7, 11) is 0. The maximum atomic E-state index is 12.8. The number of hydrogen-bond donors (Lipinski definition) is 2. The van der Waals surface area contributed by atoms with Crippen LogP contribution in [0.1, 0.15) is 55.4 Å². The Labute approximate surface area is 167 Å². The number of nitrogens with zero attached hydrogens (tertiary/aromatic N) is 4. The molecule has 0 bridgehead atoms. The number of rotatable bonds is 8. The average molecular weight is 423 g/mol. The highest BCUT2D eigenvalue weighted by atomic mass is 35.5. The minimum absolute atomic E-state index is 0. The van der Waals surface area contributed by atoms with Crippen molar-refractivity contribution in [3.63, 3.8) is 0 Å². The minimum Gasteiger partial charge on any atom is -0.352 e. The second-order valence-corrected chi connectivity index (χ2v) is 6.55. The van der Waals surface area contributed by atoms with Gasteiger partial charge in [-0.25, -0.2) is 9.50 Å². The van der Waals surface area contributed by atoms with E-state index in [4.69, 9.17) is 5.73 Å². The van der Waals surface area contributed by atoms with Gasteiger partial charge in [-0.05, 0) is 32.3 Å². The summed E-state index contributed by atoms with van der Waals surface area (Å²) in [5, 5.41) is 6.41. The number of halogens is 4. The Bertz CT molecular complexity index is 808. The van der Waals surface area contributed by atoms with E-state index in [1.54, 1.807) is 13.8 Å². The van der Waals surface area contributed by atoms with Crippen LogP contribution in [0.2, 0.25) is 0 Å². The number of aromatic nitrogens is 4. The molecule has 11 heteroatoms. The van der Waals surface area contributed by atoms with Crippen LogP contribution in [0, 0.1) is 13.8 Å². The molecular weight excluding hydrogens is 397 g/mol. The first-order valence-corrected chi connectivity index (χ1v) is 8.96. The number of carbonyl (C=O) groups is 1. The van der Waals surface area contributed by atoms with E-state index in [1.807, 2.05) is 0 Å². The predicted molar refractivity (Wildman–Crippen MR) is 101 cm³/mol. The number of unbranched alkanes of at least 4 members (excludes halogenated alkanes) is 1. The van der Waals surface area contributed by atoms with Crippen LogP contribution in [0.3, 0.4) is 0 Å². The number of hydrogen-bond acceptors (Lipinski definition) is 5. The molecule has 0 aromatic carbocycles. The number of nitrogens with one attached hydrogen (secondary N) is 1. The number of alkyl halides is 3. The average Bonchev–Trinajstić information content (AvgIpc) is 3.02. The molecule has 1 amide bonds. The van der Waals surface area contributed by atoms with Gasteiger partial charge in [-0.15, -0.1) is 17.5 Å². The first-order valence-electron chi connectivity index (χ1n) is 8.96. The maximum Gasteiger partial charge on any atom is 0.453 e. The molecule has 3 N–H and O–H groups in total. The Kier molecular flexibility index (Phi) is 8.62. The smallest absolute Gasteiger partial charge is 0.352 e. The van der Waals surface area contributed by atoms with Gasteiger partial charge < -0.3 is 11.1 Å². The van der Waals surface area contributed by atoms with Crippen molar-refractivity contribution in [2.45, 2.75) is 65.1 Å². The second-order valence-electron chi connectivity index (χ2n) is 6.55. The van der Waals surface area contributed by atoms with Crippen molar-refractivity contribution in [2.75, 3.05) is 6.54 Å². The third-order valence-corrected chi connectivity index (χ3v) is 4.46. The van der Waals surface area contributed by atoms with Gasteiger partial charge >= 0.3 is 6.18 Å². The Balaban J connectivity index is 0.00000392.